The van der Waals surface area contributed by atoms with Gasteiger partial charge in [0.15, 0.2) is 5.84 Å². The van der Waals surface area contributed by atoms with Crippen LogP contribution in [0.25, 0.3) is 91.5 Å². The van der Waals surface area contributed by atoms with E-state index in [1.165, 1.54) is 58.0 Å². The van der Waals surface area contributed by atoms with Crippen molar-refractivity contribution in [2.24, 2.45) is 9.98 Å². The molecule has 0 saturated heterocycles. The van der Waals surface area contributed by atoms with Gasteiger partial charge >= 0.3 is 0 Å². The molecule has 10 aromatic carbocycles. The van der Waals surface area contributed by atoms with E-state index in [2.05, 4.69) is 228 Å². The van der Waals surface area contributed by atoms with Gasteiger partial charge in [-0.2, -0.15) is 0 Å². The molecule has 0 saturated carbocycles. The smallest absolute Gasteiger partial charge is 0.160 e. The number of thiophene rings is 1. The van der Waals surface area contributed by atoms with Crippen molar-refractivity contribution in [2.45, 2.75) is 6.17 Å². The number of amidine groups is 2. The SMILES string of the molecule is c1ccc(-c2ccccc2C2=NC(c3ccc(-n4c5ccccc5c5cc6ccccc6cc54)cc3-c3cccc4sc5ccc6ccccc6c5c34)=NC(c3ccccc3)N2)cc1. The maximum atomic E-state index is 5.53. The highest BCUT2D eigenvalue weighted by atomic mass is 32.1. The van der Waals surface area contributed by atoms with Gasteiger partial charge in [0.2, 0.25) is 0 Å². The number of hydrogen-bond acceptors (Lipinski definition) is 4. The van der Waals surface area contributed by atoms with E-state index in [1.54, 1.807) is 0 Å². The minimum atomic E-state index is -0.368. The van der Waals surface area contributed by atoms with Crippen LogP contribution < -0.4 is 5.32 Å². The number of hydrogen-bond donors (Lipinski definition) is 1. The number of rotatable bonds is 6. The number of nitrogens with zero attached hydrogens (tertiary/aromatic N) is 3. The van der Waals surface area contributed by atoms with Gasteiger partial charge in [0.05, 0.1) is 11.0 Å². The third-order valence-electron chi connectivity index (χ3n) is 12.8. The number of para-hydroxylation sites is 1. The third-order valence-corrected chi connectivity index (χ3v) is 14.0. The Balaban J connectivity index is 1.11. The summed E-state index contributed by atoms with van der Waals surface area (Å²) in [6.07, 6.45) is -0.368. The summed E-state index contributed by atoms with van der Waals surface area (Å²) in [6.45, 7) is 0. The fourth-order valence-electron chi connectivity index (χ4n) is 9.91. The second-order valence-electron chi connectivity index (χ2n) is 16.5. The van der Waals surface area contributed by atoms with Gasteiger partial charge in [0, 0.05) is 47.8 Å². The minimum Gasteiger partial charge on any atom is -0.344 e. The van der Waals surface area contributed by atoms with E-state index in [0.29, 0.717) is 5.84 Å². The topological polar surface area (TPSA) is 41.7 Å². The molecular formula is C59H38N4S. The third kappa shape index (κ3) is 5.89. The highest BCUT2D eigenvalue weighted by Gasteiger charge is 2.26. The monoisotopic (exact) mass is 834 g/mol. The van der Waals surface area contributed by atoms with Gasteiger partial charge in [-0.05, 0) is 97.9 Å². The van der Waals surface area contributed by atoms with Crippen LogP contribution in [0, 0.1) is 0 Å². The average molecular weight is 835 g/mol. The van der Waals surface area contributed by atoms with Gasteiger partial charge in [0.1, 0.15) is 12.0 Å². The number of fused-ring (bicyclic) bond motifs is 9. The van der Waals surface area contributed by atoms with Crippen LogP contribution in [0.4, 0.5) is 0 Å². The molecule has 1 atom stereocenters. The highest BCUT2D eigenvalue weighted by molar-refractivity contribution is 7.26. The highest BCUT2D eigenvalue weighted by Crippen LogP contribution is 2.45. The number of aliphatic imine (C=N–C) groups is 2. The Morgan fingerprint density at radius 3 is 1.94 bits per heavy atom. The summed E-state index contributed by atoms with van der Waals surface area (Å²) >= 11 is 1.86. The van der Waals surface area contributed by atoms with Crippen LogP contribution in [0.3, 0.4) is 0 Å². The fraction of sp³-hybridized carbons (Fsp3) is 0.0169. The van der Waals surface area contributed by atoms with Gasteiger partial charge < -0.3 is 9.88 Å². The molecule has 0 spiro atoms. The van der Waals surface area contributed by atoms with E-state index >= 15 is 0 Å². The normalized spacial score (nSPS) is 14.1. The van der Waals surface area contributed by atoms with Crippen LogP contribution in [-0.2, 0) is 0 Å². The van der Waals surface area contributed by atoms with E-state index < -0.39 is 0 Å². The van der Waals surface area contributed by atoms with E-state index in [1.807, 2.05) is 11.3 Å². The molecule has 3 heterocycles. The first-order valence-electron chi connectivity index (χ1n) is 21.8. The molecule has 1 aliphatic rings. The molecule has 2 aromatic heterocycles. The van der Waals surface area contributed by atoms with Gasteiger partial charge in [-0.25, -0.2) is 9.98 Å². The van der Waals surface area contributed by atoms with Gasteiger partial charge in [-0.1, -0.05) is 170 Å². The van der Waals surface area contributed by atoms with E-state index in [0.717, 1.165) is 56.0 Å². The first-order chi connectivity index (χ1) is 31.7. The number of aromatic nitrogens is 1. The van der Waals surface area contributed by atoms with Gasteiger partial charge in [-0.3, -0.25) is 0 Å². The molecule has 1 N–H and O–H groups in total. The lowest BCUT2D eigenvalue weighted by Crippen LogP contribution is -2.34. The van der Waals surface area contributed by atoms with Gasteiger partial charge in [-0.15, -0.1) is 11.3 Å². The second kappa shape index (κ2) is 14.8. The molecule has 13 rings (SSSR count). The Bertz CT molecular complexity index is 3880. The molecule has 12 aromatic rings. The van der Waals surface area contributed by atoms with Crippen molar-refractivity contribution in [1.82, 2.24) is 9.88 Å². The van der Waals surface area contributed by atoms with Crippen molar-refractivity contribution in [2.75, 3.05) is 0 Å². The standard InChI is InChI=1S/C59H38N4S/c1-3-16-37(17-4-1)43-23-11-12-26-47(43)58-60-57(39-19-5-2-6-20-39)61-59(62-58)48-32-31-42(63-51-28-14-13-25-45(51)50-34-40-21-7-8-22-41(40)35-52(50)63)36-49(48)46-27-15-29-53-56(46)55-44-24-10-9-18-38(44)30-33-54(55)64-53/h1-36,57H,(H,60,61,62). The van der Waals surface area contributed by atoms with Crippen molar-refractivity contribution in [3.05, 3.63) is 235 Å². The quantitative estimate of drug-likeness (QED) is 0.178. The van der Waals surface area contributed by atoms with Crippen molar-refractivity contribution in [3.8, 4) is 27.9 Å². The Morgan fingerprint density at radius 1 is 0.422 bits per heavy atom. The Morgan fingerprint density at radius 2 is 1.09 bits per heavy atom. The van der Waals surface area contributed by atoms with Crippen molar-refractivity contribution in [1.29, 1.82) is 0 Å². The molecule has 1 unspecified atom stereocenters. The second-order valence-corrected chi connectivity index (χ2v) is 17.6. The summed E-state index contributed by atoms with van der Waals surface area (Å²) in [6, 6.07) is 78.7. The molecule has 1 aliphatic heterocycles. The Labute approximate surface area is 373 Å². The first-order valence-corrected chi connectivity index (χ1v) is 22.6. The molecule has 0 amide bonds. The zero-order valence-corrected chi connectivity index (χ0v) is 35.4. The molecule has 64 heavy (non-hydrogen) atoms. The number of benzene rings is 10. The summed E-state index contributed by atoms with van der Waals surface area (Å²) < 4.78 is 4.96. The number of nitrogens with one attached hydrogen (secondary N) is 1. The molecule has 0 fully saturated rings. The minimum absolute atomic E-state index is 0.368. The van der Waals surface area contributed by atoms with E-state index in [9.17, 15) is 0 Å². The van der Waals surface area contributed by atoms with Gasteiger partial charge in [0.25, 0.3) is 0 Å². The zero-order valence-electron chi connectivity index (χ0n) is 34.6. The fourth-order valence-corrected chi connectivity index (χ4v) is 11.1. The molecule has 0 radical (unpaired) electrons. The van der Waals surface area contributed by atoms with Crippen molar-refractivity contribution < 1.29 is 0 Å². The first kappa shape index (κ1) is 36.5. The van der Waals surface area contributed by atoms with Crippen LogP contribution in [-0.4, -0.2) is 16.2 Å². The lowest BCUT2D eigenvalue weighted by molar-refractivity contribution is 0.674. The summed E-state index contributed by atoms with van der Waals surface area (Å²) in [5.41, 5.74) is 11.0. The molecular weight excluding hydrogens is 797 g/mol. The van der Waals surface area contributed by atoms with Crippen LogP contribution >= 0.6 is 11.3 Å². The molecule has 0 bridgehead atoms. The maximum absolute atomic E-state index is 5.53. The van der Waals surface area contributed by atoms with E-state index in [4.69, 9.17) is 9.98 Å². The van der Waals surface area contributed by atoms with Crippen molar-refractivity contribution >= 4 is 86.5 Å². The van der Waals surface area contributed by atoms with Crippen LogP contribution in [0.15, 0.2) is 228 Å². The maximum Gasteiger partial charge on any atom is 0.160 e. The predicted molar refractivity (Wildman–Crippen MR) is 271 cm³/mol. The van der Waals surface area contributed by atoms with Crippen molar-refractivity contribution in [3.63, 3.8) is 0 Å². The summed E-state index contributed by atoms with van der Waals surface area (Å²) in [4.78, 5) is 11.0. The lowest BCUT2D eigenvalue weighted by atomic mass is 9.92. The summed E-state index contributed by atoms with van der Waals surface area (Å²) in [7, 11) is 0. The average Bonchev–Trinajstić information content (AvgIpc) is 3.92. The summed E-state index contributed by atoms with van der Waals surface area (Å²) in [5, 5.41) is 13.7. The Kier molecular flexibility index (Phi) is 8.43. The van der Waals surface area contributed by atoms with Crippen LogP contribution in [0.5, 0.6) is 0 Å². The molecule has 4 nitrogen and oxygen atoms in total. The van der Waals surface area contributed by atoms with Crippen LogP contribution in [0.1, 0.15) is 22.9 Å². The predicted octanol–water partition coefficient (Wildman–Crippen LogP) is 15.3. The van der Waals surface area contributed by atoms with E-state index in [-0.39, 0.29) is 6.17 Å². The molecule has 0 aliphatic carbocycles. The largest absolute Gasteiger partial charge is 0.344 e. The molecule has 5 heteroatoms. The Hall–Kier alpha value is -8.12. The summed E-state index contributed by atoms with van der Waals surface area (Å²) in [5.74, 6) is 1.47. The lowest BCUT2D eigenvalue weighted by Gasteiger charge is -2.26. The molecule has 300 valence electrons. The van der Waals surface area contributed by atoms with Crippen LogP contribution in [0.2, 0.25) is 0 Å². The zero-order chi connectivity index (χ0) is 42.1.